The van der Waals surface area contributed by atoms with Crippen molar-refractivity contribution in [2.24, 2.45) is 5.41 Å². The second-order valence-corrected chi connectivity index (χ2v) is 14.3. The highest BCUT2D eigenvalue weighted by molar-refractivity contribution is 6.51. The Labute approximate surface area is 147 Å². The Morgan fingerprint density at radius 1 is 0.522 bits per heavy atom. The van der Waals surface area contributed by atoms with E-state index in [0.29, 0.717) is 0 Å². The molecule has 23 heavy (non-hydrogen) atoms. The van der Waals surface area contributed by atoms with Crippen LogP contribution in [-0.2, 0) is 26.6 Å². The third kappa shape index (κ3) is 5.19. The van der Waals surface area contributed by atoms with Crippen molar-refractivity contribution in [1.29, 1.82) is 0 Å². The summed E-state index contributed by atoms with van der Waals surface area (Å²) in [5.74, 6) is 0. The van der Waals surface area contributed by atoms with Crippen LogP contribution < -0.4 is 0 Å². The molecule has 6 nitrogen and oxygen atoms in total. The summed E-state index contributed by atoms with van der Waals surface area (Å²) in [6.07, 6.45) is 0. The normalized spacial score (nSPS) is 19.2. The lowest BCUT2D eigenvalue weighted by molar-refractivity contribution is 0.151. The minimum Gasteiger partial charge on any atom is -0.400 e. The van der Waals surface area contributed by atoms with Crippen molar-refractivity contribution in [3.63, 3.8) is 0 Å². The maximum Gasteiger partial charge on any atom is 0.324 e. The van der Waals surface area contributed by atoms with E-state index in [-0.39, 0.29) is 22.0 Å². The number of hydrogen-bond donors (Lipinski definition) is 0. The molecule has 0 rings (SSSR count). The van der Waals surface area contributed by atoms with Crippen molar-refractivity contribution in [3.05, 3.63) is 0 Å². The van der Waals surface area contributed by atoms with E-state index >= 15 is 0 Å². The van der Waals surface area contributed by atoms with Crippen LogP contribution in [0.4, 0.5) is 0 Å². The molecular formula is C14H36O6Si3. The molecule has 140 valence electrons. The number of hydrogen-bond acceptors (Lipinski definition) is 6. The van der Waals surface area contributed by atoms with Gasteiger partial charge in [0.2, 0.25) is 0 Å². The molecule has 0 saturated carbocycles. The van der Waals surface area contributed by atoms with Crippen LogP contribution in [0.3, 0.4) is 0 Å². The Kier molecular flexibility index (Phi) is 11.3. The van der Waals surface area contributed by atoms with Gasteiger partial charge in [0, 0.05) is 59.3 Å². The van der Waals surface area contributed by atoms with Crippen molar-refractivity contribution < 1.29 is 26.6 Å². The smallest absolute Gasteiger partial charge is 0.324 e. The first-order valence-corrected chi connectivity index (χ1v) is 12.8. The average molecular weight is 385 g/mol. The zero-order chi connectivity index (χ0) is 18.2. The molecule has 0 aliphatic carbocycles. The van der Waals surface area contributed by atoms with Gasteiger partial charge in [0.05, 0.1) is 0 Å². The lowest BCUT2D eigenvalue weighted by Gasteiger charge is -2.48. The van der Waals surface area contributed by atoms with Gasteiger partial charge in [0.25, 0.3) is 0 Å². The minimum atomic E-state index is -1.83. The quantitative estimate of drug-likeness (QED) is 0.477. The molecule has 3 atom stereocenters. The SMILES string of the molecule is CO[SiH](OC)C(C)C(C)(C(C)[SiH](OC)OC)C(C)[SiH](OC)OC. The van der Waals surface area contributed by atoms with Gasteiger partial charge in [0.15, 0.2) is 0 Å². The zero-order valence-electron chi connectivity index (χ0n) is 16.4. The first-order chi connectivity index (χ1) is 10.8. The summed E-state index contributed by atoms with van der Waals surface area (Å²) in [5, 5.41) is 0. The predicted octanol–water partition coefficient (Wildman–Crippen LogP) is 1.70. The standard InChI is InChI=1S/C14H36O6Si3/c1-11(21(15-5)16-6)14(4,12(2)22(17-7)18-8)13(3)23(19-9)20-10/h11-13,21-23H,1-10H3. The molecule has 0 spiro atoms. The van der Waals surface area contributed by atoms with Crippen molar-refractivity contribution in [3.8, 4) is 0 Å². The van der Waals surface area contributed by atoms with Crippen LogP contribution in [0.15, 0.2) is 0 Å². The first-order valence-electron chi connectivity index (χ1n) is 7.96. The van der Waals surface area contributed by atoms with Gasteiger partial charge in [-0.15, -0.1) is 0 Å². The summed E-state index contributed by atoms with van der Waals surface area (Å²) in [6.45, 7) is 8.92. The molecule has 0 aliphatic heterocycles. The summed E-state index contributed by atoms with van der Waals surface area (Å²) in [7, 11) is 4.91. The summed E-state index contributed by atoms with van der Waals surface area (Å²) in [6, 6.07) is 0. The van der Waals surface area contributed by atoms with E-state index in [4.69, 9.17) is 26.6 Å². The molecular weight excluding hydrogens is 348 g/mol. The zero-order valence-corrected chi connectivity index (χ0v) is 19.9. The Hall–Kier alpha value is 0.411. The highest BCUT2D eigenvalue weighted by atomic mass is 28.3. The van der Waals surface area contributed by atoms with E-state index in [2.05, 4.69) is 27.7 Å². The van der Waals surface area contributed by atoms with Gasteiger partial charge < -0.3 is 26.6 Å². The first kappa shape index (κ1) is 23.4. The lowest BCUT2D eigenvalue weighted by atomic mass is 9.80. The maximum atomic E-state index is 5.69. The maximum absolute atomic E-state index is 5.69. The van der Waals surface area contributed by atoms with Crippen molar-refractivity contribution in [1.82, 2.24) is 0 Å². The second-order valence-electron chi connectivity index (χ2n) is 6.25. The third-order valence-electron chi connectivity index (χ3n) is 5.56. The predicted molar refractivity (Wildman–Crippen MR) is 99.9 cm³/mol. The van der Waals surface area contributed by atoms with Crippen LogP contribution >= 0.6 is 0 Å². The number of rotatable bonds is 12. The minimum absolute atomic E-state index is 0.116. The molecule has 0 radical (unpaired) electrons. The van der Waals surface area contributed by atoms with Gasteiger partial charge in [0.1, 0.15) is 0 Å². The second kappa shape index (κ2) is 11.1. The molecule has 0 bridgehead atoms. The highest BCUT2D eigenvalue weighted by Gasteiger charge is 2.52. The van der Waals surface area contributed by atoms with Crippen LogP contribution in [0.5, 0.6) is 0 Å². The summed E-state index contributed by atoms with van der Waals surface area (Å²) >= 11 is 0. The van der Waals surface area contributed by atoms with E-state index < -0.39 is 27.9 Å². The van der Waals surface area contributed by atoms with Gasteiger partial charge in [-0.25, -0.2) is 0 Å². The van der Waals surface area contributed by atoms with Gasteiger partial charge in [-0.2, -0.15) is 0 Å². The van der Waals surface area contributed by atoms with E-state index in [0.717, 1.165) is 0 Å². The Morgan fingerprint density at radius 3 is 0.826 bits per heavy atom. The van der Waals surface area contributed by atoms with Crippen molar-refractivity contribution in [2.75, 3.05) is 42.7 Å². The molecule has 0 saturated heterocycles. The van der Waals surface area contributed by atoms with E-state index in [1.165, 1.54) is 0 Å². The van der Waals surface area contributed by atoms with Crippen molar-refractivity contribution >= 4 is 27.9 Å². The third-order valence-corrected chi connectivity index (χ3v) is 13.0. The fraction of sp³-hybridized carbons (Fsp3) is 1.00. The van der Waals surface area contributed by atoms with Crippen LogP contribution in [0, 0.1) is 5.41 Å². The molecule has 3 unspecified atom stereocenters. The van der Waals surface area contributed by atoms with Crippen LogP contribution in [-0.4, -0.2) is 70.5 Å². The molecule has 9 heteroatoms. The Bertz CT molecular complexity index is 265. The molecule has 0 fully saturated rings. The molecule has 0 N–H and O–H groups in total. The molecule has 0 amide bonds. The van der Waals surface area contributed by atoms with E-state index in [9.17, 15) is 0 Å². The highest BCUT2D eigenvalue weighted by Crippen LogP contribution is 2.55. The average Bonchev–Trinajstić information content (AvgIpc) is 2.56. The monoisotopic (exact) mass is 384 g/mol. The molecule has 0 aliphatic rings. The fourth-order valence-corrected chi connectivity index (χ4v) is 10.9. The summed E-state index contributed by atoms with van der Waals surface area (Å²) in [4.78, 5) is 0. The summed E-state index contributed by atoms with van der Waals surface area (Å²) < 4.78 is 34.1. The summed E-state index contributed by atoms with van der Waals surface area (Å²) in [5.41, 5.74) is 0.642. The lowest BCUT2D eigenvalue weighted by Crippen LogP contribution is -2.49. The Balaban J connectivity index is 5.84. The van der Waals surface area contributed by atoms with E-state index in [1.807, 2.05) is 0 Å². The molecule has 0 aromatic carbocycles. The van der Waals surface area contributed by atoms with Crippen LogP contribution in [0.25, 0.3) is 0 Å². The van der Waals surface area contributed by atoms with Crippen molar-refractivity contribution in [2.45, 2.75) is 44.3 Å². The Morgan fingerprint density at radius 2 is 0.696 bits per heavy atom. The van der Waals surface area contributed by atoms with Gasteiger partial charge in [-0.1, -0.05) is 27.7 Å². The van der Waals surface area contributed by atoms with E-state index in [1.54, 1.807) is 42.7 Å². The largest absolute Gasteiger partial charge is 0.400 e. The van der Waals surface area contributed by atoms with Gasteiger partial charge in [-0.3, -0.25) is 0 Å². The molecule has 0 aromatic rings. The van der Waals surface area contributed by atoms with Crippen LogP contribution in [0.2, 0.25) is 16.6 Å². The topological polar surface area (TPSA) is 55.4 Å². The molecule has 0 aromatic heterocycles. The van der Waals surface area contributed by atoms with Gasteiger partial charge >= 0.3 is 27.9 Å². The molecule has 0 heterocycles. The van der Waals surface area contributed by atoms with Crippen LogP contribution in [0.1, 0.15) is 27.7 Å². The fourth-order valence-electron chi connectivity index (χ4n) is 3.64. The van der Waals surface area contributed by atoms with Gasteiger partial charge in [-0.05, 0) is 5.41 Å².